The number of benzene rings is 1. The fourth-order valence-corrected chi connectivity index (χ4v) is 1.75. The van der Waals surface area contributed by atoms with Crippen LogP contribution in [-0.4, -0.2) is 9.78 Å². The van der Waals surface area contributed by atoms with E-state index in [1.54, 1.807) is 0 Å². The lowest BCUT2D eigenvalue weighted by Gasteiger charge is -1.94. The molecule has 0 N–H and O–H groups in total. The average Bonchev–Trinajstić information content (AvgIpc) is 2.66. The number of rotatable bonds is 3. The minimum atomic E-state index is 0.817. The molecule has 15 heavy (non-hydrogen) atoms. The first-order chi connectivity index (χ1) is 7.34. The van der Waals surface area contributed by atoms with Crippen molar-refractivity contribution in [2.24, 2.45) is 0 Å². The summed E-state index contributed by atoms with van der Waals surface area (Å²) in [6, 6.07) is 10.3. The molecule has 2 aromatic rings. The lowest BCUT2D eigenvalue weighted by Crippen LogP contribution is -1.94. The van der Waals surface area contributed by atoms with E-state index in [0.29, 0.717) is 0 Å². The van der Waals surface area contributed by atoms with Gasteiger partial charge in [-0.05, 0) is 28.2 Å². The Morgan fingerprint density at radius 3 is 2.73 bits per heavy atom. The van der Waals surface area contributed by atoms with Gasteiger partial charge >= 0.3 is 0 Å². The Morgan fingerprint density at radius 1 is 1.27 bits per heavy atom. The van der Waals surface area contributed by atoms with Gasteiger partial charge in [-0.15, -0.1) is 0 Å². The maximum Gasteiger partial charge on any atom is 0.0623 e. The van der Waals surface area contributed by atoms with Crippen LogP contribution < -0.4 is 0 Å². The van der Waals surface area contributed by atoms with Gasteiger partial charge in [0.1, 0.15) is 0 Å². The monoisotopic (exact) mass is 310 g/mol. The third-order valence-electron chi connectivity index (χ3n) is 2.00. The molecule has 0 amide bonds. The van der Waals surface area contributed by atoms with Crippen molar-refractivity contribution in [3.8, 4) is 0 Å². The number of nitrogens with zero attached hydrogens (tertiary/aromatic N) is 2. The smallest absolute Gasteiger partial charge is 0.0623 e. The van der Waals surface area contributed by atoms with Gasteiger partial charge in [-0.2, -0.15) is 5.10 Å². The maximum atomic E-state index is 4.20. The Kier molecular flexibility index (Phi) is 3.55. The molecule has 0 spiro atoms. The maximum absolute atomic E-state index is 4.20. The molecule has 0 radical (unpaired) electrons. The summed E-state index contributed by atoms with van der Waals surface area (Å²) < 4.78 is 3.09. The van der Waals surface area contributed by atoms with Crippen molar-refractivity contribution in [2.45, 2.75) is 6.54 Å². The molecular weight excluding hydrogens is 299 g/mol. The summed E-state index contributed by atoms with van der Waals surface area (Å²) in [7, 11) is 0. The summed E-state index contributed by atoms with van der Waals surface area (Å²) in [5.74, 6) is 0. The van der Waals surface area contributed by atoms with Gasteiger partial charge in [-0.1, -0.05) is 42.5 Å². The molecule has 3 heteroatoms. The van der Waals surface area contributed by atoms with E-state index in [-0.39, 0.29) is 0 Å². The van der Waals surface area contributed by atoms with Crippen LogP contribution in [-0.2, 0) is 6.54 Å². The van der Waals surface area contributed by atoms with Crippen molar-refractivity contribution in [1.82, 2.24) is 9.78 Å². The van der Waals surface area contributed by atoms with E-state index in [4.69, 9.17) is 0 Å². The predicted octanol–water partition coefficient (Wildman–Crippen LogP) is 3.20. The molecule has 0 saturated heterocycles. The lowest BCUT2D eigenvalue weighted by atomic mass is 10.2. The van der Waals surface area contributed by atoms with Gasteiger partial charge in [0.15, 0.2) is 0 Å². The zero-order valence-electron chi connectivity index (χ0n) is 8.18. The second kappa shape index (κ2) is 5.11. The average molecular weight is 310 g/mol. The minimum Gasteiger partial charge on any atom is -0.268 e. The van der Waals surface area contributed by atoms with Crippen LogP contribution in [0.3, 0.4) is 0 Å². The van der Waals surface area contributed by atoms with Gasteiger partial charge in [0.25, 0.3) is 0 Å². The fraction of sp³-hybridized carbons (Fsp3) is 0.0833. The van der Waals surface area contributed by atoms with Crippen LogP contribution in [0, 0.1) is 3.57 Å². The van der Waals surface area contributed by atoms with Crippen LogP contribution in [0.5, 0.6) is 0 Å². The molecule has 1 aromatic carbocycles. The van der Waals surface area contributed by atoms with Gasteiger partial charge in [0, 0.05) is 6.20 Å². The van der Waals surface area contributed by atoms with Gasteiger partial charge in [0.05, 0.1) is 16.3 Å². The molecule has 0 bridgehead atoms. The van der Waals surface area contributed by atoms with Gasteiger partial charge in [-0.3, -0.25) is 4.68 Å². The number of aromatic nitrogens is 2. The van der Waals surface area contributed by atoms with Crippen molar-refractivity contribution in [3.63, 3.8) is 0 Å². The molecular formula is C12H11IN2. The van der Waals surface area contributed by atoms with Crippen LogP contribution in [0.15, 0.2) is 48.8 Å². The van der Waals surface area contributed by atoms with E-state index in [9.17, 15) is 0 Å². The van der Waals surface area contributed by atoms with Gasteiger partial charge in [-0.25, -0.2) is 0 Å². The molecule has 0 unspecified atom stereocenters. The molecule has 2 nitrogen and oxygen atoms in total. The summed E-state index contributed by atoms with van der Waals surface area (Å²) in [5, 5.41) is 4.20. The standard InChI is InChI=1S/C12H11IN2/c13-12-9-14-15(10-12)8-4-7-11-5-2-1-3-6-11/h1-7,9-10H,8H2. The zero-order chi connectivity index (χ0) is 10.5. The second-order valence-corrected chi connectivity index (χ2v) is 4.44. The van der Waals surface area contributed by atoms with Gasteiger partial charge < -0.3 is 0 Å². The third-order valence-corrected chi connectivity index (χ3v) is 2.56. The summed E-state index contributed by atoms with van der Waals surface area (Å²) in [6.45, 7) is 0.817. The summed E-state index contributed by atoms with van der Waals surface area (Å²) in [4.78, 5) is 0. The molecule has 0 aliphatic rings. The number of halogens is 1. The van der Waals surface area contributed by atoms with Crippen LogP contribution in [0.2, 0.25) is 0 Å². The van der Waals surface area contributed by atoms with E-state index in [0.717, 1.165) is 6.54 Å². The molecule has 0 aliphatic carbocycles. The molecule has 0 atom stereocenters. The summed E-state index contributed by atoms with van der Waals surface area (Å²) >= 11 is 2.26. The van der Waals surface area contributed by atoms with E-state index < -0.39 is 0 Å². The number of hydrogen-bond acceptors (Lipinski definition) is 1. The molecule has 1 heterocycles. The molecule has 0 fully saturated rings. The molecule has 2 rings (SSSR count). The highest BCUT2D eigenvalue weighted by molar-refractivity contribution is 14.1. The van der Waals surface area contributed by atoms with Crippen LogP contribution in [0.25, 0.3) is 6.08 Å². The Bertz CT molecular complexity index is 446. The summed E-state index contributed by atoms with van der Waals surface area (Å²) in [6.07, 6.45) is 8.10. The molecule has 0 aliphatic heterocycles. The Hall–Kier alpha value is -1.10. The molecule has 76 valence electrons. The van der Waals surface area contributed by atoms with E-state index in [1.165, 1.54) is 9.13 Å². The van der Waals surface area contributed by atoms with E-state index >= 15 is 0 Å². The number of allylic oxidation sites excluding steroid dienone is 1. The van der Waals surface area contributed by atoms with Crippen LogP contribution >= 0.6 is 22.6 Å². The van der Waals surface area contributed by atoms with Crippen molar-refractivity contribution in [3.05, 3.63) is 57.9 Å². The van der Waals surface area contributed by atoms with Crippen molar-refractivity contribution in [2.75, 3.05) is 0 Å². The highest BCUT2D eigenvalue weighted by atomic mass is 127. The fourth-order valence-electron chi connectivity index (χ4n) is 1.30. The predicted molar refractivity (Wildman–Crippen MR) is 70.4 cm³/mol. The quantitative estimate of drug-likeness (QED) is 0.796. The topological polar surface area (TPSA) is 17.8 Å². The highest BCUT2D eigenvalue weighted by Gasteiger charge is 1.90. The van der Waals surface area contributed by atoms with Crippen molar-refractivity contribution in [1.29, 1.82) is 0 Å². The Balaban J connectivity index is 1.96. The largest absolute Gasteiger partial charge is 0.268 e. The van der Waals surface area contributed by atoms with Crippen LogP contribution in [0.1, 0.15) is 5.56 Å². The molecule has 0 saturated carbocycles. The second-order valence-electron chi connectivity index (χ2n) is 3.19. The van der Waals surface area contributed by atoms with Crippen molar-refractivity contribution < 1.29 is 0 Å². The van der Waals surface area contributed by atoms with E-state index in [1.807, 2.05) is 35.3 Å². The first-order valence-corrected chi connectivity index (χ1v) is 5.82. The van der Waals surface area contributed by atoms with E-state index in [2.05, 4.69) is 52.0 Å². The Morgan fingerprint density at radius 2 is 2.07 bits per heavy atom. The van der Waals surface area contributed by atoms with Crippen molar-refractivity contribution >= 4 is 28.7 Å². The highest BCUT2D eigenvalue weighted by Crippen LogP contribution is 2.03. The normalized spacial score (nSPS) is 11.0. The van der Waals surface area contributed by atoms with Gasteiger partial charge in [0.2, 0.25) is 0 Å². The lowest BCUT2D eigenvalue weighted by molar-refractivity contribution is 0.703. The summed E-state index contributed by atoms with van der Waals surface area (Å²) in [5.41, 5.74) is 1.22. The Labute approximate surface area is 103 Å². The third kappa shape index (κ3) is 3.20. The zero-order valence-corrected chi connectivity index (χ0v) is 10.3. The first-order valence-electron chi connectivity index (χ1n) is 4.74. The molecule has 1 aromatic heterocycles. The minimum absolute atomic E-state index is 0.817. The first kappa shape index (κ1) is 10.4. The van der Waals surface area contributed by atoms with Crippen LogP contribution in [0.4, 0.5) is 0 Å². The SMILES string of the molecule is Ic1cnn(CC=Cc2ccccc2)c1. The number of hydrogen-bond donors (Lipinski definition) is 0.